The van der Waals surface area contributed by atoms with Crippen molar-refractivity contribution in [3.63, 3.8) is 0 Å². The number of nitrogens with two attached hydrogens (primary N) is 1. The number of aryl methyl sites for hydroxylation is 1. The zero-order valence-electron chi connectivity index (χ0n) is 11.4. The number of rotatable bonds is 4. The van der Waals surface area contributed by atoms with Crippen molar-refractivity contribution < 1.29 is 16.8 Å². The summed E-state index contributed by atoms with van der Waals surface area (Å²) in [4.78, 5) is 0.173. The van der Waals surface area contributed by atoms with Crippen LogP contribution < -0.4 is 10.5 Å². The molecule has 0 saturated carbocycles. The van der Waals surface area contributed by atoms with Crippen LogP contribution in [-0.4, -0.2) is 39.4 Å². The second-order valence-electron chi connectivity index (χ2n) is 5.07. The van der Waals surface area contributed by atoms with Crippen molar-refractivity contribution in [3.8, 4) is 0 Å². The van der Waals surface area contributed by atoms with Crippen LogP contribution in [0.25, 0.3) is 0 Å². The number of sulfone groups is 1. The third-order valence-corrected chi connectivity index (χ3v) is 6.98. The quantitative estimate of drug-likeness (QED) is 0.747. The van der Waals surface area contributed by atoms with E-state index in [1.54, 1.807) is 19.1 Å². The van der Waals surface area contributed by atoms with E-state index in [1.807, 2.05) is 0 Å². The summed E-state index contributed by atoms with van der Waals surface area (Å²) in [6, 6.07) is 4.09. The summed E-state index contributed by atoms with van der Waals surface area (Å²) in [5, 5.41) is 0. The van der Waals surface area contributed by atoms with E-state index >= 15 is 0 Å². The average molecular weight is 348 g/mol. The Morgan fingerprint density at radius 3 is 2.62 bits per heavy atom. The van der Waals surface area contributed by atoms with Crippen molar-refractivity contribution in [1.82, 2.24) is 4.72 Å². The van der Waals surface area contributed by atoms with Gasteiger partial charge in [-0.1, -0.05) is 24.4 Å². The van der Waals surface area contributed by atoms with Crippen molar-refractivity contribution in [2.45, 2.75) is 24.3 Å². The first-order chi connectivity index (χ1) is 9.61. The number of benzene rings is 1. The predicted octanol–water partition coefficient (Wildman–Crippen LogP) is 0.0946. The second-order valence-corrected chi connectivity index (χ2v) is 9.42. The van der Waals surface area contributed by atoms with Gasteiger partial charge in [0.25, 0.3) is 0 Å². The van der Waals surface area contributed by atoms with Gasteiger partial charge in [-0.25, -0.2) is 21.6 Å². The monoisotopic (exact) mass is 348 g/mol. The highest BCUT2D eigenvalue weighted by atomic mass is 32.2. The van der Waals surface area contributed by atoms with E-state index in [0.717, 1.165) is 0 Å². The van der Waals surface area contributed by atoms with E-state index in [1.165, 1.54) is 6.07 Å². The first kappa shape index (κ1) is 16.3. The Balaban J connectivity index is 2.32. The summed E-state index contributed by atoms with van der Waals surface area (Å²) < 4.78 is 50.1. The molecule has 0 aromatic heterocycles. The lowest BCUT2D eigenvalue weighted by Crippen LogP contribution is -2.36. The van der Waals surface area contributed by atoms with Gasteiger partial charge in [0.05, 0.1) is 16.4 Å². The van der Waals surface area contributed by atoms with E-state index < -0.39 is 25.9 Å². The van der Waals surface area contributed by atoms with E-state index in [0.29, 0.717) is 11.1 Å². The highest BCUT2D eigenvalue weighted by Crippen LogP contribution is 2.20. The molecule has 0 aliphatic carbocycles. The largest absolute Gasteiger partial charge is 0.389 e. The zero-order chi connectivity index (χ0) is 15.8. The summed E-state index contributed by atoms with van der Waals surface area (Å²) >= 11 is 4.84. The van der Waals surface area contributed by atoms with Crippen LogP contribution in [0.4, 0.5) is 0 Å². The molecule has 0 radical (unpaired) electrons. The van der Waals surface area contributed by atoms with Crippen LogP contribution in [0.15, 0.2) is 23.1 Å². The van der Waals surface area contributed by atoms with Crippen molar-refractivity contribution in [1.29, 1.82) is 0 Å². The number of nitrogens with one attached hydrogen (secondary N) is 1. The Labute approximate surface area is 129 Å². The molecule has 1 aromatic rings. The molecule has 0 bridgehead atoms. The summed E-state index contributed by atoms with van der Waals surface area (Å²) in [6.07, 6.45) is 0.287. The molecule has 1 saturated heterocycles. The summed E-state index contributed by atoms with van der Waals surface area (Å²) in [5.41, 5.74) is 6.51. The Morgan fingerprint density at radius 2 is 2.10 bits per heavy atom. The van der Waals surface area contributed by atoms with Crippen LogP contribution in [0, 0.1) is 6.92 Å². The lowest BCUT2D eigenvalue weighted by Gasteiger charge is -2.14. The molecular formula is C12H16N2O4S3. The van der Waals surface area contributed by atoms with Gasteiger partial charge < -0.3 is 5.73 Å². The Bertz CT molecular complexity index is 785. The second kappa shape index (κ2) is 5.64. The van der Waals surface area contributed by atoms with Crippen LogP contribution in [0.5, 0.6) is 0 Å². The van der Waals surface area contributed by atoms with Crippen molar-refractivity contribution >= 4 is 37.1 Å². The van der Waals surface area contributed by atoms with Crippen LogP contribution in [0.3, 0.4) is 0 Å². The van der Waals surface area contributed by atoms with Gasteiger partial charge in [-0.15, -0.1) is 0 Å². The van der Waals surface area contributed by atoms with Crippen molar-refractivity contribution in [2.24, 2.45) is 5.73 Å². The fourth-order valence-electron chi connectivity index (χ4n) is 2.21. The lowest BCUT2D eigenvalue weighted by molar-refractivity contribution is 0.562. The number of thiocarbonyl (C=S) groups is 1. The Hall–Kier alpha value is -1.03. The molecule has 21 heavy (non-hydrogen) atoms. The van der Waals surface area contributed by atoms with Gasteiger partial charge in [0.2, 0.25) is 10.0 Å². The third-order valence-electron chi connectivity index (χ3n) is 3.32. The molecule has 6 nitrogen and oxygen atoms in total. The summed E-state index contributed by atoms with van der Waals surface area (Å²) in [7, 11) is -6.96. The van der Waals surface area contributed by atoms with E-state index in [4.69, 9.17) is 18.0 Å². The highest BCUT2D eigenvalue weighted by Gasteiger charge is 2.32. The average Bonchev–Trinajstić information content (AvgIpc) is 2.67. The molecular weight excluding hydrogens is 332 g/mol. The van der Waals surface area contributed by atoms with Crippen molar-refractivity contribution in [3.05, 3.63) is 29.3 Å². The van der Waals surface area contributed by atoms with Gasteiger partial charge in [0.15, 0.2) is 9.84 Å². The standard InChI is InChI=1S/C12H16N2O4S3/c1-8-2-3-9(12(13)19)6-11(8)21(17,18)14-10-4-5-20(15,16)7-10/h2-3,6,10,14H,4-5,7H2,1H3,(H2,13,19). The molecule has 0 amide bonds. The molecule has 1 aliphatic rings. The van der Waals surface area contributed by atoms with Gasteiger partial charge in [-0.3, -0.25) is 0 Å². The predicted molar refractivity (Wildman–Crippen MR) is 84.4 cm³/mol. The minimum absolute atomic E-state index is 0.00605. The Morgan fingerprint density at radius 1 is 1.43 bits per heavy atom. The smallest absolute Gasteiger partial charge is 0.241 e. The molecule has 1 aliphatic heterocycles. The highest BCUT2D eigenvalue weighted by molar-refractivity contribution is 7.92. The molecule has 116 valence electrons. The molecule has 1 aromatic carbocycles. The van der Waals surface area contributed by atoms with Crippen LogP contribution in [0.1, 0.15) is 17.5 Å². The first-order valence-electron chi connectivity index (χ1n) is 6.24. The third kappa shape index (κ3) is 3.79. The summed E-state index contributed by atoms with van der Waals surface area (Å²) in [6.45, 7) is 1.66. The maximum atomic E-state index is 12.4. The van der Waals surface area contributed by atoms with Crippen LogP contribution in [-0.2, 0) is 19.9 Å². The molecule has 1 heterocycles. The first-order valence-corrected chi connectivity index (χ1v) is 9.95. The molecule has 1 fully saturated rings. The summed E-state index contributed by atoms with van der Waals surface area (Å²) in [5.74, 6) is -0.160. The minimum atomic E-state index is -3.81. The van der Waals surface area contributed by atoms with Gasteiger partial charge in [0.1, 0.15) is 4.99 Å². The van der Waals surface area contributed by atoms with Gasteiger partial charge in [-0.2, -0.15) is 0 Å². The van der Waals surface area contributed by atoms with Gasteiger partial charge in [-0.05, 0) is 25.0 Å². The molecule has 2 rings (SSSR count). The van der Waals surface area contributed by atoms with Gasteiger partial charge >= 0.3 is 0 Å². The molecule has 1 unspecified atom stereocenters. The maximum absolute atomic E-state index is 12.4. The minimum Gasteiger partial charge on any atom is -0.389 e. The molecule has 1 atom stereocenters. The zero-order valence-corrected chi connectivity index (χ0v) is 13.8. The van der Waals surface area contributed by atoms with E-state index in [9.17, 15) is 16.8 Å². The normalized spacial score (nSPS) is 21.3. The number of hydrogen-bond donors (Lipinski definition) is 2. The van der Waals surface area contributed by atoms with Gasteiger partial charge in [0, 0.05) is 11.6 Å². The maximum Gasteiger partial charge on any atom is 0.241 e. The van der Waals surface area contributed by atoms with Crippen LogP contribution >= 0.6 is 12.2 Å². The fraction of sp³-hybridized carbons (Fsp3) is 0.417. The lowest BCUT2D eigenvalue weighted by atomic mass is 10.1. The molecule has 0 spiro atoms. The Kier molecular flexibility index (Phi) is 4.39. The molecule has 9 heteroatoms. The fourth-order valence-corrected chi connectivity index (χ4v) is 5.66. The number of sulfonamides is 1. The van der Waals surface area contributed by atoms with E-state index in [2.05, 4.69) is 4.72 Å². The van der Waals surface area contributed by atoms with Crippen LogP contribution in [0.2, 0.25) is 0 Å². The van der Waals surface area contributed by atoms with Crippen molar-refractivity contribution in [2.75, 3.05) is 11.5 Å². The SMILES string of the molecule is Cc1ccc(C(N)=S)cc1S(=O)(=O)NC1CCS(=O)(=O)C1. The topological polar surface area (TPSA) is 106 Å². The van der Waals surface area contributed by atoms with E-state index in [-0.39, 0.29) is 27.8 Å². The molecule has 3 N–H and O–H groups in total. The number of hydrogen-bond acceptors (Lipinski definition) is 5.